The molecule has 0 spiro atoms. The Morgan fingerprint density at radius 1 is 1.07 bits per heavy atom. The van der Waals surface area contributed by atoms with Crippen LogP contribution in [0.2, 0.25) is 0 Å². The summed E-state index contributed by atoms with van der Waals surface area (Å²) in [6, 6.07) is 6.57. The summed E-state index contributed by atoms with van der Waals surface area (Å²) in [4.78, 5) is 15.4. The van der Waals surface area contributed by atoms with Gasteiger partial charge in [-0.15, -0.1) is 0 Å². The smallest absolute Gasteiger partial charge is 0.422 e. The number of rotatable bonds is 5. The van der Waals surface area contributed by atoms with Gasteiger partial charge in [0.1, 0.15) is 0 Å². The van der Waals surface area contributed by atoms with Gasteiger partial charge in [-0.05, 0) is 23.8 Å². The summed E-state index contributed by atoms with van der Waals surface area (Å²) in [5.41, 5.74) is -0.145. The first kappa shape index (κ1) is 22.9. The van der Waals surface area contributed by atoms with E-state index in [0.717, 1.165) is 12.1 Å². The normalized spacial score (nSPS) is 11.3. The SMILES string of the molecule is O=C(NCC#Cc1cccc(C(F)(F)F)c1)NCc1ccc(OCC(F)(F)F)nc1. The zero-order chi connectivity index (χ0) is 22.2. The van der Waals surface area contributed by atoms with E-state index < -0.39 is 30.6 Å². The van der Waals surface area contributed by atoms with Crippen molar-refractivity contribution in [3.63, 3.8) is 0 Å². The van der Waals surface area contributed by atoms with Crippen molar-refractivity contribution in [1.82, 2.24) is 15.6 Å². The summed E-state index contributed by atoms with van der Waals surface area (Å²) in [6.07, 6.45) is -7.68. The Morgan fingerprint density at radius 2 is 1.83 bits per heavy atom. The van der Waals surface area contributed by atoms with Gasteiger partial charge in [-0.25, -0.2) is 9.78 Å². The van der Waals surface area contributed by atoms with E-state index in [-0.39, 0.29) is 24.5 Å². The molecule has 0 unspecified atom stereocenters. The first-order valence-corrected chi connectivity index (χ1v) is 8.35. The predicted octanol–water partition coefficient (Wildman–Crippen LogP) is 3.89. The molecule has 30 heavy (non-hydrogen) atoms. The topological polar surface area (TPSA) is 63.2 Å². The van der Waals surface area contributed by atoms with E-state index in [2.05, 4.69) is 32.2 Å². The predicted molar refractivity (Wildman–Crippen MR) is 94.3 cm³/mol. The monoisotopic (exact) mass is 431 g/mol. The minimum Gasteiger partial charge on any atom is -0.468 e. The lowest BCUT2D eigenvalue weighted by Crippen LogP contribution is -2.35. The van der Waals surface area contributed by atoms with Crippen molar-refractivity contribution in [1.29, 1.82) is 0 Å². The Kier molecular flexibility index (Phi) is 7.52. The van der Waals surface area contributed by atoms with Gasteiger partial charge in [-0.2, -0.15) is 26.3 Å². The molecule has 2 aromatic rings. The van der Waals surface area contributed by atoms with Gasteiger partial charge in [0, 0.05) is 24.4 Å². The molecule has 2 rings (SSSR count). The molecule has 0 aliphatic carbocycles. The van der Waals surface area contributed by atoms with E-state index in [1.54, 1.807) is 0 Å². The molecule has 1 heterocycles. The highest BCUT2D eigenvalue weighted by Gasteiger charge is 2.30. The number of amides is 2. The zero-order valence-electron chi connectivity index (χ0n) is 15.2. The Morgan fingerprint density at radius 3 is 2.47 bits per heavy atom. The maximum atomic E-state index is 12.6. The van der Waals surface area contributed by atoms with Gasteiger partial charge >= 0.3 is 18.4 Å². The standard InChI is InChI=1S/C19H15F6N3O2/c20-18(21,22)12-30-16-7-6-14(10-27-16)11-28-17(29)26-8-2-4-13-3-1-5-15(9-13)19(23,24)25/h1,3,5-7,9-10H,8,11-12H2,(H2,26,28,29). The Balaban J connectivity index is 1.75. The highest BCUT2D eigenvalue weighted by Crippen LogP contribution is 2.29. The Bertz CT molecular complexity index is 915. The quantitative estimate of drug-likeness (QED) is 0.558. The highest BCUT2D eigenvalue weighted by atomic mass is 19.4. The van der Waals surface area contributed by atoms with E-state index in [4.69, 9.17) is 0 Å². The van der Waals surface area contributed by atoms with Crippen LogP contribution >= 0.6 is 0 Å². The molecule has 1 aromatic heterocycles. The van der Waals surface area contributed by atoms with Gasteiger partial charge in [0.25, 0.3) is 0 Å². The fraction of sp³-hybridized carbons (Fsp3) is 0.263. The lowest BCUT2D eigenvalue weighted by Gasteiger charge is -2.09. The molecule has 2 N–H and O–H groups in total. The molecule has 0 bridgehead atoms. The van der Waals surface area contributed by atoms with Crippen LogP contribution in [0.15, 0.2) is 42.6 Å². The Labute approximate surface area is 167 Å². The van der Waals surface area contributed by atoms with E-state index >= 15 is 0 Å². The van der Waals surface area contributed by atoms with E-state index in [0.29, 0.717) is 5.56 Å². The largest absolute Gasteiger partial charge is 0.468 e. The number of nitrogens with one attached hydrogen (secondary N) is 2. The maximum absolute atomic E-state index is 12.6. The van der Waals surface area contributed by atoms with Gasteiger partial charge in [-0.3, -0.25) is 0 Å². The van der Waals surface area contributed by atoms with Gasteiger partial charge in [0.2, 0.25) is 5.88 Å². The van der Waals surface area contributed by atoms with Gasteiger partial charge in [-0.1, -0.05) is 24.0 Å². The number of carbonyl (C=O) groups is 1. The molecule has 2 amide bonds. The van der Waals surface area contributed by atoms with Crippen LogP contribution < -0.4 is 15.4 Å². The van der Waals surface area contributed by atoms with Crippen molar-refractivity contribution in [3.8, 4) is 17.7 Å². The number of benzene rings is 1. The van der Waals surface area contributed by atoms with E-state index in [9.17, 15) is 31.1 Å². The number of halogens is 6. The summed E-state index contributed by atoms with van der Waals surface area (Å²) >= 11 is 0. The van der Waals surface area contributed by atoms with Crippen LogP contribution in [0.4, 0.5) is 31.1 Å². The van der Waals surface area contributed by atoms with Crippen molar-refractivity contribution < 1.29 is 35.9 Å². The maximum Gasteiger partial charge on any atom is 0.422 e. The summed E-state index contributed by atoms with van der Waals surface area (Å²) in [7, 11) is 0. The van der Waals surface area contributed by atoms with Gasteiger partial charge in [0.15, 0.2) is 6.61 Å². The molecule has 0 fully saturated rings. The van der Waals surface area contributed by atoms with Crippen molar-refractivity contribution >= 4 is 6.03 Å². The van der Waals surface area contributed by atoms with Crippen molar-refractivity contribution in [2.75, 3.05) is 13.2 Å². The number of aromatic nitrogens is 1. The number of hydrogen-bond acceptors (Lipinski definition) is 3. The second-order valence-corrected chi connectivity index (χ2v) is 5.83. The Hall–Kier alpha value is -3.42. The number of carbonyl (C=O) groups excluding carboxylic acids is 1. The third-order valence-electron chi connectivity index (χ3n) is 3.39. The average Bonchev–Trinajstić information content (AvgIpc) is 2.68. The van der Waals surface area contributed by atoms with Crippen LogP contribution in [0.5, 0.6) is 5.88 Å². The number of ether oxygens (including phenoxy) is 1. The third-order valence-corrected chi connectivity index (χ3v) is 3.39. The fourth-order valence-corrected chi connectivity index (χ4v) is 2.05. The average molecular weight is 431 g/mol. The minimum absolute atomic E-state index is 0.0411. The van der Waals surface area contributed by atoms with Gasteiger partial charge < -0.3 is 15.4 Å². The molecule has 11 heteroatoms. The van der Waals surface area contributed by atoms with Crippen LogP contribution in [0, 0.1) is 11.8 Å². The van der Waals surface area contributed by atoms with Gasteiger partial charge in [0.05, 0.1) is 12.1 Å². The molecule has 0 saturated heterocycles. The molecule has 160 valence electrons. The van der Waals surface area contributed by atoms with Crippen molar-refractivity contribution in [3.05, 3.63) is 59.3 Å². The lowest BCUT2D eigenvalue weighted by atomic mass is 10.1. The summed E-state index contributed by atoms with van der Waals surface area (Å²) < 4.78 is 78.5. The van der Waals surface area contributed by atoms with E-state index in [1.807, 2.05) is 0 Å². The molecule has 0 atom stereocenters. The number of hydrogen-bond donors (Lipinski definition) is 2. The molecular formula is C19H15F6N3O2. The molecule has 0 aliphatic rings. The molecule has 1 aromatic carbocycles. The summed E-state index contributed by atoms with van der Waals surface area (Å²) in [6.45, 7) is -1.52. The third kappa shape index (κ3) is 8.30. The van der Waals surface area contributed by atoms with Crippen LogP contribution in [0.25, 0.3) is 0 Å². The van der Waals surface area contributed by atoms with Crippen LogP contribution in [-0.4, -0.2) is 30.3 Å². The highest BCUT2D eigenvalue weighted by molar-refractivity contribution is 5.74. The number of pyridine rings is 1. The van der Waals surface area contributed by atoms with Crippen molar-refractivity contribution in [2.24, 2.45) is 0 Å². The minimum atomic E-state index is -4.47. The molecular weight excluding hydrogens is 416 g/mol. The van der Waals surface area contributed by atoms with Crippen LogP contribution in [-0.2, 0) is 12.7 Å². The van der Waals surface area contributed by atoms with Crippen molar-refractivity contribution in [2.45, 2.75) is 18.9 Å². The number of nitrogens with zero attached hydrogens (tertiary/aromatic N) is 1. The lowest BCUT2D eigenvalue weighted by molar-refractivity contribution is -0.154. The van der Waals surface area contributed by atoms with Crippen LogP contribution in [0.1, 0.15) is 16.7 Å². The molecule has 0 aliphatic heterocycles. The summed E-state index contributed by atoms with van der Waals surface area (Å²) in [5, 5.41) is 4.88. The molecule has 0 radical (unpaired) electrons. The van der Waals surface area contributed by atoms with Crippen LogP contribution in [0.3, 0.4) is 0 Å². The second-order valence-electron chi connectivity index (χ2n) is 5.83. The number of urea groups is 1. The zero-order valence-corrected chi connectivity index (χ0v) is 15.2. The van der Waals surface area contributed by atoms with E-state index in [1.165, 1.54) is 30.5 Å². The first-order valence-electron chi connectivity index (χ1n) is 8.35. The first-order chi connectivity index (χ1) is 14.0. The molecule has 0 saturated carbocycles. The second kappa shape index (κ2) is 9.87. The number of alkyl halides is 6. The summed E-state index contributed by atoms with van der Waals surface area (Å²) in [5.74, 6) is 4.85. The fourth-order valence-electron chi connectivity index (χ4n) is 2.05. The molecule has 5 nitrogen and oxygen atoms in total.